The van der Waals surface area contributed by atoms with Crippen LogP contribution in [-0.4, -0.2) is 15.5 Å². The normalized spacial score (nSPS) is 11.4. The predicted octanol–water partition coefficient (Wildman–Crippen LogP) is 2.30. The maximum atomic E-state index is 11.3. The van der Waals surface area contributed by atoms with Crippen LogP contribution in [0.5, 0.6) is 0 Å². The van der Waals surface area contributed by atoms with Crippen LogP contribution in [0.2, 0.25) is 0 Å². The Morgan fingerprint density at radius 2 is 1.62 bits per heavy atom. The van der Waals surface area contributed by atoms with E-state index in [1.807, 2.05) is 37.9 Å². The van der Waals surface area contributed by atoms with Gasteiger partial charge in [0.25, 0.3) is 0 Å². The zero-order valence-corrected chi connectivity index (χ0v) is 13.1. The highest BCUT2D eigenvalue weighted by Crippen LogP contribution is 2.32. The SMILES string of the molecule is Cc1ccc(N(C)c2ccc(S(N)(=O)=O)cc2N)c(C)c1. The fourth-order valence-electron chi connectivity index (χ4n) is 2.33. The van der Waals surface area contributed by atoms with E-state index in [-0.39, 0.29) is 4.90 Å². The molecule has 112 valence electrons. The van der Waals surface area contributed by atoms with E-state index in [2.05, 4.69) is 6.07 Å². The Bertz CT molecular complexity index is 786. The molecule has 2 aromatic carbocycles. The van der Waals surface area contributed by atoms with Gasteiger partial charge < -0.3 is 10.6 Å². The highest BCUT2D eigenvalue weighted by molar-refractivity contribution is 7.89. The fourth-order valence-corrected chi connectivity index (χ4v) is 2.88. The second-order valence-electron chi connectivity index (χ2n) is 5.11. The number of sulfonamides is 1. The molecule has 21 heavy (non-hydrogen) atoms. The lowest BCUT2D eigenvalue weighted by Crippen LogP contribution is -2.15. The fraction of sp³-hybridized carbons (Fsp3) is 0.200. The second-order valence-corrected chi connectivity index (χ2v) is 6.68. The van der Waals surface area contributed by atoms with Gasteiger partial charge in [-0.2, -0.15) is 0 Å². The van der Waals surface area contributed by atoms with Gasteiger partial charge in [-0.25, -0.2) is 13.6 Å². The first-order chi connectivity index (χ1) is 9.70. The van der Waals surface area contributed by atoms with Crippen molar-refractivity contribution in [2.75, 3.05) is 17.7 Å². The van der Waals surface area contributed by atoms with Gasteiger partial charge >= 0.3 is 0 Å². The number of primary sulfonamides is 1. The van der Waals surface area contributed by atoms with E-state index in [4.69, 9.17) is 10.9 Å². The summed E-state index contributed by atoms with van der Waals surface area (Å²) in [7, 11) is -1.86. The Morgan fingerprint density at radius 1 is 1.00 bits per heavy atom. The number of nitrogens with zero attached hydrogens (tertiary/aromatic N) is 1. The van der Waals surface area contributed by atoms with Gasteiger partial charge in [0.05, 0.1) is 16.3 Å². The molecule has 0 atom stereocenters. The Labute approximate surface area is 125 Å². The molecular formula is C15H19N3O2S. The summed E-state index contributed by atoms with van der Waals surface area (Å²) in [5.41, 5.74) is 10.4. The lowest BCUT2D eigenvalue weighted by Gasteiger charge is -2.23. The Morgan fingerprint density at radius 3 is 2.14 bits per heavy atom. The van der Waals surface area contributed by atoms with Gasteiger partial charge in [0.1, 0.15) is 0 Å². The molecule has 0 saturated heterocycles. The molecule has 0 amide bonds. The van der Waals surface area contributed by atoms with Crippen molar-refractivity contribution in [1.29, 1.82) is 0 Å². The molecule has 0 spiro atoms. The summed E-state index contributed by atoms with van der Waals surface area (Å²) >= 11 is 0. The van der Waals surface area contributed by atoms with Crippen LogP contribution in [0.15, 0.2) is 41.3 Å². The molecule has 0 radical (unpaired) electrons. The minimum Gasteiger partial charge on any atom is -0.397 e. The van der Waals surface area contributed by atoms with Gasteiger partial charge in [-0.05, 0) is 43.7 Å². The highest BCUT2D eigenvalue weighted by atomic mass is 32.2. The van der Waals surface area contributed by atoms with Gasteiger partial charge in [0, 0.05) is 12.7 Å². The molecule has 5 nitrogen and oxygen atoms in total. The lowest BCUT2D eigenvalue weighted by molar-refractivity contribution is 0.598. The van der Waals surface area contributed by atoms with Crippen LogP contribution in [0.3, 0.4) is 0 Å². The number of nitrogens with two attached hydrogens (primary N) is 2. The van der Waals surface area contributed by atoms with Gasteiger partial charge in [-0.15, -0.1) is 0 Å². The highest BCUT2D eigenvalue weighted by Gasteiger charge is 2.14. The minimum absolute atomic E-state index is 0.0118. The van der Waals surface area contributed by atoms with Crippen LogP contribution in [0.1, 0.15) is 11.1 Å². The Kier molecular flexibility index (Phi) is 3.93. The molecule has 0 unspecified atom stereocenters. The molecule has 0 aliphatic rings. The van der Waals surface area contributed by atoms with E-state index in [1.54, 1.807) is 6.07 Å². The smallest absolute Gasteiger partial charge is 0.238 e. The van der Waals surface area contributed by atoms with Crippen molar-refractivity contribution in [2.45, 2.75) is 18.7 Å². The molecule has 0 saturated carbocycles. The summed E-state index contributed by atoms with van der Waals surface area (Å²) in [6.07, 6.45) is 0. The average molecular weight is 305 g/mol. The van der Waals surface area contributed by atoms with Crippen molar-refractivity contribution in [2.24, 2.45) is 5.14 Å². The topological polar surface area (TPSA) is 89.4 Å². The zero-order valence-electron chi connectivity index (χ0n) is 12.3. The Hall–Kier alpha value is -2.05. The van der Waals surface area contributed by atoms with Crippen LogP contribution >= 0.6 is 0 Å². The molecule has 2 aromatic rings. The minimum atomic E-state index is -3.74. The molecule has 6 heteroatoms. The third kappa shape index (κ3) is 3.17. The second kappa shape index (κ2) is 5.38. The van der Waals surface area contributed by atoms with Crippen molar-refractivity contribution in [1.82, 2.24) is 0 Å². The molecule has 4 N–H and O–H groups in total. The third-order valence-corrected chi connectivity index (χ3v) is 4.31. The molecule has 0 fully saturated rings. The maximum absolute atomic E-state index is 11.3. The molecule has 0 heterocycles. The molecule has 0 aromatic heterocycles. The number of aryl methyl sites for hydroxylation is 2. The van der Waals surface area contributed by atoms with Crippen LogP contribution < -0.4 is 15.8 Å². The van der Waals surface area contributed by atoms with Gasteiger partial charge in [0.2, 0.25) is 10.0 Å². The number of nitrogen functional groups attached to an aromatic ring is 1. The monoisotopic (exact) mass is 305 g/mol. The number of benzene rings is 2. The number of hydrogen-bond acceptors (Lipinski definition) is 4. The Balaban J connectivity index is 2.47. The van der Waals surface area contributed by atoms with Crippen LogP contribution in [0.25, 0.3) is 0 Å². The van der Waals surface area contributed by atoms with Crippen molar-refractivity contribution < 1.29 is 8.42 Å². The van der Waals surface area contributed by atoms with E-state index < -0.39 is 10.0 Å². The summed E-state index contributed by atoms with van der Waals surface area (Å²) in [6.45, 7) is 4.06. The average Bonchev–Trinajstić information content (AvgIpc) is 2.36. The van der Waals surface area contributed by atoms with Gasteiger partial charge in [0.15, 0.2) is 0 Å². The quantitative estimate of drug-likeness (QED) is 0.851. The first-order valence-electron chi connectivity index (χ1n) is 6.43. The van der Waals surface area contributed by atoms with E-state index in [0.29, 0.717) is 5.69 Å². The van der Waals surface area contributed by atoms with E-state index in [1.165, 1.54) is 17.7 Å². The molecule has 0 aliphatic heterocycles. The molecular weight excluding hydrogens is 286 g/mol. The molecule has 0 bridgehead atoms. The van der Waals surface area contributed by atoms with Gasteiger partial charge in [-0.3, -0.25) is 0 Å². The summed E-state index contributed by atoms with van der Waals surface area (Å²) < 4.78 is 22.7. The van der Waals surface area contributed by atoms with E-state index in [9.17, 15) is 8.42 Å². The standard InChI is InChI=1S/C15H19N3O2S/c1-10-4-6-14(11(2)8-10)18(3)15-7-5-12(9-13(15)16)21(17,19)20/h4-9H,16H2,1-3H3,(H2,17,19,20). The summed E-state index contributed by atoms with van der Waals surface area (Å²) in [5, 5.41) is 5.11. The molecule has 0 aliphatic carbocycles. The van der Waals surface area contributed by atoms with Crippen LogP contribution in [0, 0.1) is 13.8 Å². The van der Waals surface area contributed by atoms with E-state index >= 15 is 0 Å². The van der Waals surface area contributed by atoms with Crippen LogP contribution in [0.4, 0.5) is 17.1 Å². The summed E-state index contributed by atoms with van der Waals surface area (Å²) in [4.78, 5) is 1.94. The van der Waals surface area contributed by atoms with Gasteiger partial charge in [-0.1, -0.05) is 17.7 Å². The van der Waals surface area contributed by atoms with Crippen molar-refractivity contribution in [3.05, 3.63) is 47.5 Å². The van der Waals surface area contributed by atoms with Crippen molar-refractivity contribution >= 4 is 27.1 Å². The number of anilines is 3. The predicted molar refractivity (Wildman–Crippen MR) is 86.2 cm³/mol. The lowest BCUT2D eigenvalue weighted by atomic mass is 10.1. The van der Waals surface area contributed by atoms with Crippen molar-refractivity contribution in [3.63, 3.8) is 0 Å². The summed E-state index contributed by atoms with van der Waals surface area (Å²) in [6, 6.07) is 10.6. The first kappa shape index (κ1) is 15.3. The van der Waals surface area contributed by atoms with E-state index in [0.717, 1.165) is 16.9 Å². The molecule has 2 rings (SSSR count). The number of hydrogen-bond donors (Lipinski definition) is 2. The third-order valence-electron chi connectivity index (χ3n) is 3.40. The summed E-state index contributed by atoms with van der Waals surface area (Å²) in [5.74, 6) is 0. The largest absolute Gasteiger partial charge is 0.397 e. The van der Waals surface area contributed by atoms with Crippen LogP contribution in [-0.2, 0) is 10.0 Å². The van der Waals surface area contributed by atoms with Crippen molar-refractivity contribution in [3.8, 4) is 0 Å². The first-order valence-corrected chi connectivity index (χ1v) is 7.98. The number of rotatable bonds is 3. The maximum Gasteiger partial charge on any atom is 0.238 e. The zero-order chi connectivity index (χ0) is 15.8.